The van der Waals surface area contributed by atoms with Crippen LogP contribution in [0.1, 0.15) is 17.5 Å². The molecular formula is C13H14O5. The second kappa shape index (κ2) is 6.56. The minimum Gasteiger partial charge on any atom is -0.478 e. The molecule has 1 aromatic rings. The van der Waals surface area contributed by atoms with Crippen LogP contribution in [0, 0.1) is 0 Å². The number of esters is 1. The molecule has 0 amide bonds. The quantitative estimate of drug-likeness (QED) is 0.586. The van der Waals surface area contributed by atoms with Crippen molar-refractivity contribution in [2.24, 2.45) is 0 Å². The minimum absolute atomic E-state index is 0.0432. The Kier molecular flexibility index (Phi) is 5.07. The van der Waals surface area contributed by atoms with E-state index in [4.69, 9.17) is 14.9 Å². The third kappa shape index (κ3) is 4.39. The number of aliphatic hydroxyl groups excluding tert-OH is 1. The first-order valence-corrected chi connectivity index (χ1v) is 5.28. The molecule has 1 rings (SSSR count). The van der Waals surface area contributed by atoms with Crippen molar-refractivity contribution in [2.45, 2.75) is 19.6 Å². The molecule has 0 unspecified atom stereocenters. The zero-order chi connectivity index (χ0) is 13.5. The highest BCUT2D eigenvalue weighted by atomic mass is 16.5. The van der Waals surface area contributed by atoms with Gasteiger partial charge in [-0.05, 0) is 11.1 Å². The number of carboxylic acids is 1. The largest absolute Gasteiger partial charge is 0.478 e. The predicted molar refractivity (Wildman–Crippen MR) is 63.6 cm³/mol. The van der Waals surface area contributed by atoms with E-state index in [1.165, 1.54) is 0 Å². The van der Waals surface area contributed by atoms with Crippen LogP contribution >= 0.6 is 0 Å². The molecule has 5 nitrogen and oxygen atoms in total. The van der Waals surface area contributed by atoms with Crippen LogP contribution in [0.4, 0.5) is 0 Å². The average Bonchev–Trinajstić information content (AvgIpc) is 2.36. The first kappa shape index (κ1) is 13.9. The molecule has 0 aliphatic rings. The fourth-order valence-corrected chi connectivity index (χ4v) is 1.21. The van der Waals surface area contributed by atoms with Gasteiger partial charge in [0.15, 0.2) is 0 Å². The van der Waals surface area contributed by atoms with Gasteiger partial charge in [0.05, 0.1) is 13.0 Å². The normalized spacial score (nSPS) is 9.83. The molecule has 0 heterocycles. The highest BCUT2D eigenvalue weighted by molar-refractivity contribution is 5.91. The van der Waals surface area contributed by atoms with Crippen LogP contribution in [0.15, 0.2) is 36.4 Å². The maximum absolute atomic E-state index is 11.3. The second-order valence-corrected chi connectivity index (χ2v) is 3.72. The van der Waals surface area contributed by atoms with Crippen molar-refractivity contribution in [3.8, 4) is 0 Å². The number of carboxylic acid groups (broad SMARTS) is 1. The molecule has 5 heteroatoms. The number of carbonyl (C=O) groups excluding carboxylic acids is 1. The molecule has 0 saturated carbocycles. The minimum atomic E-state index is -1.21. The van der Waals surface area contributed by atoms with Gasteiger partial charge < -0.3 is 14.9 Å². The van der Waals surface area contributed by atoms with Gasteiger partial charge in [-0.2, -0.15) is 0 Å². The van der Waals surface area contributed by atoms with E-state index in [9.17, 15) is 9.59 Å². The summed E-state index contributed by atoms with van der Waals surface area (Å²) in [4.78, 5) is 21.7. The fourth-order valence-electron chi connectivity index (χ4n) is 1.21. The standard InChI is InChI=1S/C13H14O5/c1-9(13(16)17)6-12(15)18-8-11-4-2-10(7-14)3-5-11/h2-5,14H,1,6-8H2,(H,16,17). The lowest BCUT2D eigenvalue weighted by Crippen LogP contribution is -2.09. The van der Waals surface area contributed by atoms with Crippen molar-refractivity contribution in [3.05, 3.63) is 47.5 Å². The summed E-state index contributed by atoms with van der Waals surface area (Å²) in [6.07, 6.45) is -0.329. The lowest BCUT2D eigenvalue weighted by molar-refractivity contribution is -0.145. The van der Waals surface area contributed by atoms with Gasteiger partial charge >= 0.3 is 11.9 Å². The van der Waals surface area contributed by atoms with Crippen molar-refractivity contribution in [3.63, 3.8) is 0 Å². The topological polar surface area (TPSA) is 83.8 Å². The first-order valence-electron chi connectivity index (χ1n) is 5.28. The third-order valence-electron chi connectivity index (χ3n) is 2.27. The molecule has 0 aliphatic heterocycles. The van der Waals surface area contributed by atoms with Crippen LogP contribution in [0.5, 0.6) is 0 Å². The summed E-state index contributed by atoms with van der Waals surface area (Å²) >= 11 is 0. The Labute approximate surface area is 104 Å². The molecule has 0 saturated heterocycles. The van der Waals surface area contributed by atoms with Gasteiger partial charge in [-0.1, -0.05) is 30.8 Å². The van der Waals surface area contributed by atoms with Gasteiger partial charge in [0.1, 0.15) is 6.61 Å². The van der Waals surface area contributed by atoms with Crippen molar-refractivity contribution in [2.75, 3.05) is 0 Å². The average molecular weight is 250 g/mol. The lowest BCUT2D eigenvalue weighted by Gasteiger charge is -2.05. The molecule has 96 valence electrons. The summed E-state index contributed by atoms with van der Waals surface area (Å²) < 4.78 is 4.90. The lowest BCUT2D eigenvalue weighted by atomic mass is 10.1. The maximum atomic E-state index is 11.3. The summed E-state index contributed by atoms with van der Waals surface area (Å²) in [5.74, 6) is -1.84. The van der Waals surface area contributed by atoms with Crippen LogP contribution in [0.2, 0.25) is 0 Å². The van der Waals surface area contributed by atoms with Crippen LogP contribution < -0.4 is 0 Å². The molecule has 2 N–H and O–H groups in total. The Morgan fingerprint density at radius 2 is 1.72 bits per heavy atom. The summed E-state index contributed by atoms with van der Waals surface area (Å²) in [5.41, 5.74) is 1.33. The molecule has 18 heavy (non-hydrogen) atoms. The molecule has 0 fully saturated rings. The molecule has 0 aliphatic carbocycles. The highest BCUT2D eigenvalue weighted by Gasteiger charge is 2.11. The Hall–Kier alpha value is -2.14. The zero-order valence-electron chi connectivity index (χ0n) is 9.76. The SMILES string of the molecule is C=C(CC(=O)OCc1ccc(CO)cc1)C(=O)O. The number of carbonyl (C=O) groups is 2. The Morgan fingerprint density at radius 3 is 2.22 bits per heavy atom. The molecule has 0 radical (unpaired) electrons. The Balaban J connectivity index is 2.42. The number of benzene rings is 1. The maximum Gasteiger partial charge on any atom is 0.331 e. The van der Waals surface area contributed by atoms with Crippen LogP contribution in [-0.2, 0) is 27.5 Å². The monoisotopic (exact) mass is 250 g/mol. The number of ether oxygens (including phenoxy) is 1. The summed E-state index contributed by atoms with van der Waals surface area (Å²) in [7, 11) is 0. The predicted octanol–water partition coefficient (Wildman–Crippen LogP) is 1.25. The Morgan fingerprint density at radius 1 is 1.17 bits per heavy atom. The van der Waals surface area contributed by atoms with Crippen molar-refractivity contribution in [1.29, 1.82) is 0 Å². The fraction of sp³-hybridized carbons (Fsp3) is 0.231. The van der Waals surface area contributed by atoms with Gasteiger partial charge in [0.2, 0.25) is 0 Å². The second-order valence-electron chi connectivity index (χ2n) is 3.72. The van der Waals surface area contributed by atoms with Crippen LogP contribution in [-0.4, -0.2) is 22.2 Å². The summed E-state index contributed by atoms with van der Waals surface area (Å²) in [6, 6.07) is 6.90. The van der Waals surface area contributed by atoms with Gasteiger partial charge in [-0.25, -0.2) is 4.79 Å². The Bertz CT molecular complexity index is 447. The van der Waals surface area contributed by atoms with Gasteiger partial charge in [-0.15, -0.1) is 0 Å². The number of hydrogen-bond donors (Lipinski definition) is 2. The van der Waals surface area contributed by atoms with E-state index in [-0.39, 0.29) is 25.2 Å². The number of hydrogen-bond acceptors (Lipinski definition) is 4. The summed E-state index contributed by atoms with van der Waals surface area (Å²) in [5, 5.41) is 17.4. The molecule has 0 spiro atoms. The van der Waals surface area contributed by atoms with Crippen LogP contribution in [0.25, 0.3) is 0 Å². The first-order chi connectivity index (χ1) is 8.52. The number of aliphatic hydroxyl groups is 1. The van der Waals surface area contributed by atoms with Crippen molar-refractivity contribution < 1.29 is 24.5 Å². The molecule has 0 aromatic heterocycles. The van der Waals surface area contributed by atoms with Gasteiger partial charge in [0.25, 0.3) is 0 Å². The highest BCUT2D eigenvalue weighted by Crippen LogP contribution is 2.07. The molecule has 0 bridgehead atoms. The van der Waals surface area contributed by atoms with E-state index in [1.54, 1.807) is 24.3 Å². The number of aliphatic carboxylic acids is 1. The van der Waals surface area contributed by atoms with Gasteiger partial charge in [-0.3, -0.25) is 4.79 Å². The molecule has 1 aromatic carbocycles. The van der Waals surface area contributed by atoms with Crippen LogP contribution in [0.3, 0.4) is 0 Å². The van der Waals surface area contributed by atoms with Gasteiger partial charge in [0, 0.05) is 5.57 Å². The zero-order valence-corrected chi connectivity index (χ0v) is 9.76. The van der Waals surface area contributed by atoms with Crippen molar-refractivity contribution >= 4 is 11.9 Å². The van der Waals surface area contributed by atoms with E-state index in [1.807, 2.05) is 0 Å². The van der Waals surface area contributed by atoms with E-state index >= 15 is 0 Å². The van der Waals surface area contributed by atoms with E-state index < -0.39 is 11.9 Å². The van der Waals surface area contributed by atoms with Crippen molar-refractivity contribution in [1.82, 2.24) is 0 Å². The van der Waals surface area contributed by atoms with E-state index in [0.717, 1.165) is 11.1 Å². The number of rotatable bonds is 6. The molecular weight excluding hydrogens is 236 g/mol. The summed E-state index contributed by atoms with van der Waals surface area (Å²) in [6.45, 7) is 3.27. The van der Waals surface area contributed by atoms with E-state index in [2.05, 4.69) is 6.58 Å². The molecule has 0 atom stereocenters. The van der Waals surface area contributed by atoms with E-state index in [0.29, 0.717) is 0 Å². The smallest absolute Gasteiger partial charge is 0.331 e. The third-order valence-corrected chi connectivity index (χ3v) is 2.27.